The Bertz CT molecular complexity index is 837. The van der Waals surface area contributed by atoms with Crippen LogP contribution in [0.5, 0.6) is 0 Å². The number of nitrogens with one attached hydrogen (secondary N) is 2. The molecule has 28 heavy (non-hydrogen) atoms. The maximum atomic E-state index is 12.6. The zero-order valence-corrected chi connectivity index (χ0v) is 16.9. The van der Waals surface area contributed by atoms with Crippen molar-refractivity contribution in [1.82, 2.24) is 4.90 Å². The molecule has 0 aromatic heterocycles. The van der Waals surface area contributed by atoms with Crippen molar-refractivity contribution in [2.75, 3.05) is 30.3 Å². The van der Waals surface area contributed by atoms with Gasteiger partial charge in [0, 0.05) is 17.3 Å². The SMILES string of the molecule is Cc1ccc(NC(=O)CN2CCC(C(=O)Nc3ccc(C)cc3C)CC2)cc1. The van der Waals surface area contributed by atoms with Gasteiger partial charge in [-0.15, -0.1) is 0 Å². The van der Waals surface area contributed by atoms with Crippen molar-refractivity contribution in [1.29, 1.82) is 0 Å². The van der Waals surface area contributed by atoms with Gasteiger partial charge in [-0.2, -0.15) is 0 Å². The second kappa shape index (κ2) is 9.02. The molecule has 1 heterocycles. The van der Waals surface area contributed by atoms with Gasteiger partial charge in [0.05, 0.1) is 6.54 Å². The van der Waals surface area contributed by atoms with Crippen LogP contribution in [-0.4, -0.2) is 36.3 Å². The fourth-order valence-electron chi connectivity index (χ4n) is 3.58. The number of nitrogens with zero attached hydrogens (tertiary/aromatic N) is 1. The second-order valence-corrected chi connectivity index (χ2v) is 7.77. The highest BCUT2D eigenvalue weighted by Gasteiger charge is 2.26. The number of benzene rings is 2. The zero-order chi connectivity index (χ0) is 20.1. The minimum Gasteiger partial charge on any atom is -0.326 e. The Labute approximate surface area is 167 Å². The van der Waals surface area contributed by atoms with Gasteiger partial charge in [-0.25, -0.2) is 0 Å². The number of likely N-dealkylation sites (tertiary alicyclic amines) is 1. The Kier molecular flexibility index (Phi) is 6.47. The first kappa shape index (κ1) is 20.1. The first-order valence-electron chi connectivity index (χ1n) is 9.88. The molecule has 2 aromatic carbocycles. The van der Waals surface area contributed by atoms with Crippen molar-refractivity contribution in [3.05, 3.63) is 59.2 Å². The van der Waals surface area contributed by atoms with Crippen molar-refractivity contribution in [2.45, 2.75) is 33.6 Å². The van der Waals surface area contributed by atoms with Crippen LogP contribution in [0.3, 0.4) is 0 Å². The highest BCUT2D eigenvalue weighted by atomic mass is 16.2. The lowest BCUT2D eigenvalue weighted by atomic mass is 9.95. The molecule has 0 radical (unpaired) electrons. The van der Waals surface area contributed by atoms with Gasteiger partial charge >= 0.3 is 0 Å². The normalized spacial score (nSPS) is 15.2. The molecule has 0 aliphatic carbocycles. The molecule has 3 rings (SSSR count). The summed E-state index contributed by atoms with van der Waals surface area (Å²) >= 11 is 0. The van der Waals surface area contributed by atoms with E-state index in [1.165, 1.54) is 11.1 Å². The summed E-state index contributed by atoms with van der Waals surface area (Å²) in [6, 6.07) is 13.8. The number of carbonyl (C=O) groups is 2. The van der Waals surface area contributed by atoms with Crippen molar-refractivity contribution in [3.8, 4) is 0 Å². The lowest BCUT2D eigenvalue weighted by Crippen LogP contribution is -2.41. The summed E-state index contributed by atoms with van der Waals surface area (Å²) in [4.78, 5) is 27.0. The maximum absolute atomic E-state index is 12.6. The summed E-state index contributed by atoms with van der Waals surface area (Å²) in [6.45, 7) is 7.95. The lowest BCUT2D eigenvalue weighted by molar-refractivity contribution is -0.121. The van der Waals surface area contributed by atoms with Crippen LogP contribution in [-0.2, 0) is 9.59 Å². The van der Waals surface area contributed by atoms with Crippen LogP contribution in [0.1, 0.15) is 29.5 Å². The van der Waals surface area contributed by atoms with E-state index in [0.717, 1.165) is 42.9 Å². The Balaban J connectivity index is 1.45. The number of amides is 2. The highest BCUT2D eigenvalue weighted by Crippen LogP contribution is 2.22. The minimum atomic E-state index is -0.0120. The van der Waals surface area contributed by atoms with Crippen LogP contribution in [0, 0.1) is 26.7 Å². The van der Waals surface area contributed by atoms with Crippen LogP contribution in [0.25, 0.3) is 0 Å². The molecule has 1 aliphatic rings. The molecule has 1 fully saturated rings. The number of carbonyl (C=O) groups excluding carboxylic acids is 2. The molecule has 0 saturated carbocycles. The molecule has 0 bridgehead atoms. The first-order valence-corrected chi connectivity index (χ1v) is 9.88. The Hall–Kier alpha value is -2.66. The molecule has 0 unspecified atom stereocenters. The molecular formula is C23H29N3O2. The predicted molar refractivity (Wildman–Crippen MR) is 114 cm³/mol. The molecule has 1 saturated heterocycles. The van der Waals surface area contributed by atoms with Gasteiger partial charge < -0.3 is 10.6 Å². The van der Waals surface area contributed by atoms with Crippen LogP contribution in [0.4, 0.5) is 11.4 Å². The van der Waals surface area contributed by atoms with Gasteiger partial charge in [0.2, 0.25) is 11.8 Å². The summed E-state index contributed by atoms with van der Waals surface area (Å²) in [6.07, 6.45) is 1.54. The number of aryl methyl sites for hydroxylation is 3. The van der Waals surface area contributed by atoms with Crippen LogP contribution >= 0.6 is 0 Å². The molecular weight excluding hydrogens is 350 g/mol. The predicted octanol–water partition coefficient (Wildman–Crippen LogP) is 3.90. The van der Waals surface area contributed by atoms with Gasteiger partial charge in [0.15, 0.2) is 0 Å². The van der Waals surface area contributed by atoms with Gasteiger partial charge in [0.1, 0.15) is 0 Å². The van der Waals surface area contributed by atoms with Crippen molar-refractivity contribution < 1.29 is 9.59 Å². The van der Waals surface area contributed by atoms with Gasteiger partial charge in [0.25, 0.3) is 0 Å². The molecule has 2 aromatic rings. The smallest absolute Gasteiger partial charge is 0.238 e. The quantitative estimate of drug-likeness (QED) is 0.828. The fraction of sp³-hybridized carbons (Fsp3) is 0.391. The second-order valence-electron chi connectivity index (χ2n) is 7.77. The fourth-order valence-corrected chi connectivity index (χ4v) is 3.58. The molecule has 2 N–H and O–H groups in total. The number of hydrogen-bond acceptors (Lipinski definition) is 3. The minimum absolute atomic E-state index is 0.00267. The number of anilines is 2. The number of hydrogen-bond donors (Lipinski definition) is 2. The molecule has 148 valence electrons. The van der Waals surface area contributed by atoms with E-state index in [-0.39, 0.29) is 17.7 Å². The van der Waals surface area contributed by atoms with Crippen molar-refractivity contribution >= 4 is 23.2 Å². The third-order valence-corrected chi connectivity index (χ3v) is 5.30. The number of rotatable bonds is 5. The molecule has 0 spiro atoms. The summed E-state index contributed by atoms with van der Waals surface area (Å²) in [7, 11) is 0. The third-order valence-electron chi connectivity index (χ3n) is 5.30. The van der Waals surface area contributed by atoms with Gasteiger partial charge in [-0.1, -0.05) is 35.4 Å². The Morgan fingerprint density at radius 1 is 0.929 bits per heavy atom. The van der Waals surface area contributed by atoms with Crippen LogP contribution < -0.4 is 10.6 Å². The Morgan fingerprint density at radius 2 is 1.57 bits per heavy atom. The average Bonchev–Trinajstić information content (AvgIpc) is 2.66. The van der Waals surface area contributed by atoms with E-state index in [1.807, 2.05) is 57.2 Å². The third kappa shape index (κ3) is 5.42. The van der Waals surface area contributed by atoms with E-state index in [4.69, 9.17) is 0 Å². The zero-order valence-electron chi connectivity index (χ0n) is 16.9. The van der Waals surface area contributed by atoms with Crippen LogP contribution in [0.15, 0.2) is 42.5 Å². The standard InChI is InChI=1S/C23H29N3O2/c1-16-4-7-20(8-5-16)24-22(27)15-26-12-10-19(11-13-26)23(28)25-21-9-6-17(2)14-18(21)3/h4-9,14,19H,10-13,15H2,1-3H3,(H,24,27)(H,25,28). The van der Waals surface area contributed by atoms with E-state index in [1.54, 1.807) is 0 Å². The van der Waals surface area contributed by atoms with E-state index in [2.05, 4.69) is 21.6 Å². The molecule has 2 amide bonds. The van der Waals surface area contributed by atoms with Gasteiger partial charge in [-0.05, 0) is 70.5 Å². The monoisotopic (exact) mass is 379 g/mol. The van der Waals surface area contributed by atoms with Crippen molar-refractivity contribution in [3.63, 3.8) is 0 Å². The molecule has 1 aliphatic heterocycles. The first-order chi connectivity index (χ1) is 13.4. The topological polar surface area (TPSA) is 61.4 Å². The average molecular weight is 380 g/mol. The summed E-state index contributed by atoms with van der Waals surface area (Å²) in [5.41, 5.74) is 5.14. The summed E-state index contributed by atoms with van der Waals surface area (Å²) in [5, 5.41) is 6.00. The van der Waals surface area contributed by atoms with E-state index >= 15 is 0 Å². The van der Waals surface area contributed by atoms with Crippen molar-refractivity contribution in [2.24, 2.45) is 5.92 Å². The number of piperidine rings is 1. The van der Waals surface area contributed by atoms with E-state index in [9.17, 15) is 9.59 Å². The lowest BCUT2D eigenvalue weighted by Gasteiger charge is -2.30. The molecule has 0 atom stereocenters. The van der Waals surface area contributed by atoms with Gasteiger partial charge in [-0.3, -0.25) is 14.5 Å². The molecule has 5 nitrogen and oxygen atoms in total. The largest absolute Gasteiger partial charge is 0.326 e. The Morgan fingerprint density at radius 3 is 2.21 bits per heavy atom. The highest BCUT2D eigenvalue weighted by molar-refractivity contribution is 5.94. The maximum Gasteiger partial charge on any atom is 0.238 e. The van der Waals surface area contributed by atoms with E-state index < -0.39 is 0 Å². The molecule has 5 heteroatoms. The van der Waals surface area contributed by atoms with E-state index in [0.29, 0.717) is 6.54 Å². The summed E-state index contributed by atoms with van der Waals surface area (Å²) in [5.74, 6) is 0.0647. The summed E-state index contributed by atoms with van der Waals surface area (Å²) < 4.78 is 0. The van der Waals surface area contributed by atoms with Crippen LogP contribution in [0.2, 0.25) is 0 Å².